The van der Waals surface area contributed by atoms with Crippen LogP contribution in [0.25, 0.3) is 0 Å². The van der Waals surface area contributed by atoms with Crippen LogP contribution in [-0.2, 0) is 11.3 Å². The van der Waals surface area contributed by atoms with Crippen LogP contribution in [0.5, 0.6) is 5.75 Å². The molecule has 0 saturated heterocycles. The number of benzene rings is 2. The molecule has 0 spiro atoms. The summed E-state index contributed by atoms with van der Waals surface area (Å²) in [6.07, 6.45) is 0. The molecule has 0 saturated carbocycles. The van der Waals surface area contributed by atoms with Crippen molar-refractivity contribution in [2.24, 2.45) is 5.73 Å². The zero-order valence-corrected chi connectivity index (χ0v) is 16.6. The first-order valence-electron chi connectivity index (χ1n) is 8.17. The van der Waals surface area contributed by atoms with Crippen LogP contribution in [0.1, 0.15) is 22.8 Å². The summed E-state index contributed by atoms with van der Waals surface area (Å²) in [4.78, 5) is 24.6. The summed E-state index contributed by atoms with van der Waals surface area (Å²) in [5, 5.41) is 2.86. The summed E-state index contributed by atoms with van der Waals surface area (Å²) in [6, 6.07) is 12.0. The molecular formula is C19H23BrN3O3+. The molecule has 2 aromatic rings. The Balaban J connectivity index is 2.03. The third-order valence-electron chi connectivity index (χ3n) is 4.28. The Kier molecular flexibility index (Phi) is 6.76. The molecule has 2 rings (SSSR count). The summed E-state index contributed by atoms with van der Waals surface area (Å²) in [5.41, 5.74) is 7.26. The van der Waals surface area contributed by atoms with Crippen molar-refractivity contribution in [1.82, 2.24) is 0 Å². The van der Waals surface area contributed by atoms with Crippen molar-refractivity contribution in [1.29, 1.82) is 0 Å². The van der Waals surface area contributed by atoms with Crippen LogP contribution in [0.2, 0.25) is 0 Å². The van der Waals surface area contributed by atoms with E-state index in [4.69, 9.17) is 10.5 Å². The molecule has 2 amide bonds. The summed E-state index contributed by atoms with van der Waals surface area (Å²) in [6.45, 7) is 2.50. The first kappa shape index (κ1) is 19.9. The van der Waals surface area contributed by atoms with E-state index < -0.39 is 5.91 Å². The van der Waals surface area contributed by atoms with Gasteiger partial charge in [-0.15, -0.1) is 0 Å². The Morgan fingerprint density at radius 2 is 1.88 bits per heavy atom. The largest absolute Gasteiger partial charge is 0.496 e. The van der Waals surface area contributed by atoms with Crippen LogP contribution in [0, 0.1) is 0 Å². The molecule has 0 aliphatic rings. The van der Waals surface area contributed by atoms with E-state index in [-0.39, 0.29) is 11.9 Å². The first-order chi connectivity index (χ1) is 12.3. The summed E-state index contributed by atoms with van der Waals surface area (Å²) in [7, 11) is 3.59. The highest BCUT2D eigenvalue weighted by Crippen LogP contribution is 2.22. The maximum Gasteiger partial charge on any atom is 0.282 e. The highest BCUT2D eigenvalue weighted by Gasteiger charge is 2.23. The Bertz CT molecular complexity index is 793. The van der Waals surface area contributed by atoms with E-state index >= 15 is 0 Å². The fraction of sp³-hybridized carbons (Fsp3) is 0.263. The molecule has 26 heavy (non-hydrogen) atoms. The van der Waals surface area contributed by atoms with Gasteiger partial charge in [0.2, 0.25) is 5.91 Å². The van der Waals surface area contributed by atoms with Crippen LogP contribution in [0.3, 0.4) is 0 Å². The molecule has 0 aliphatic heterocycles. The van der Waals surface area contributed by atoms with Gasteiger partial charge in [0, 0.05) is 21.3 Å². The maximum atomic E-state index is 12.5. The van der Waals surface area contributed by atoms with E-state index in [0.29, 0.717) is 17.8 Å². The van der Waals surface area contributed by atoms with Gasteiger partial charge in [0.1, 0.15) is 12.3 Å². The smallest absolute Gasteiger partial charge is 0.282 e. The highest BCUT2D eigenvalue weighted by atomic mass is 79.9. The van der Waals surface area contributed by atoms with Gasteiger partial charge in [-0.2, -0.15) is 0 Å². The standard InChI is InChI=1S/C19H22BrN3O3/c1-12(19(25)22-16-7-4-13(5-8-16)18(21)24)23(2)11-14-10-15(20)6-9-17(14)26-3/h4-10,12H,11H2,1-3H3,(H2,21,24)(H,22,25)/p+1/t12-/m0/s1. The van der Waals surface area contributed by atoms with Crippen LogP contribution in [0.15, 0.2) is 46.9 Å². The van der Waals surface area contributed by atoms with Gasteiger partial charge in [0.25, 0.3) is 5.91 Å². The molecular weight excluding hydrogens is 398 g/mol. The molecule has 2 aromatic carbocycles. The number of nitrogens with one attached hydrogen (secondary N) is 2. The molecule has 138 valence electrons. The zero-order valence-electron chi connectivity index (χ0n) is 15.0. The number of carbonyl (C=O) groups is 2. The van der Waals surface area contributed by atoms with Gasteiger partial charge in [0.15, 0.2) is 6.04 Å². The molecule has 4 N–H and O–H groups in total. The van der Waals surface area contributed by atoms with Crippen molar-refractivity contribution in [3.63, 3.8) is 0 Å². The number of ether oxygens (including phenoxy) is 1. The third kappa shape index (κ3) is 5.06. The summed E-state index contributed by atoms with van der Waals surface area (Å²) < 4.78 is 6.36. The molecule has 7 heteroatoms. The van der Waals surface area contributed by atoms with Crippen molar-refractivity contribution >= 4 is 33.4 Å². The number of likely N-dealkylation sites (N-methyl/N-ethyl adjacent to an activating group) is 1. The average molecular weight is 421 g/mol. The fourth-order valence-corrected chi connectivity index (χ4v) is 2.94. The Labute approximate surface area is 161 Å². The number of halogens is 1. The number of quaternary nitrogens is 1. The minimum Gasteiger partial charge on any atom is -0.496 e. The van der Waals surface area contributed by atoms with Crippen molar-refractivity contribution < 1.29 is 19.2 Å². The number of hydrogen-bond acceptors (Lipinski definition) is 3. The predicted octanol–water partition coefficient (Wildman–Crippen LogP) is 1.60. The summed E-state index contributed by atoms with van der Waals surface area (Å²) in [5.74, 6) is 0.189. The summed E-state index contributed by atoms with van der Waals surface area (Å²) >= 11 is 3.46. The molecule has 0 heterocycles. The third-order valence-corrected chi connectivity index (χ3v) is 4.77. The molecule has 0 fully saturated rings. The zero-order chi connectivity index (χ0) is 19.3. The first-order valence-corrected chi connectivity index (χ1v) is 8.96. The quantitative estimate of drug-likeness (QED) is 0.635. The molecule has 0 aliphatic carbocycles. The van der Waals surface area contributed by atoms with E-state index in [2.05, 4.69) is 21.2 Å². The molecule has 1 unspecified atom stereocenters. The lowest BCUT2D eigenvalue weighted by Crippen LogP contribution is -3.12. The number of primary amides is 1. The fourth-order valence-electron chi connectivity index (χ4n) is 2.53. The number of nitrogens with two attached hydrogens (primary N) is 1. The Morgan fingerprint density at radius 1 is 1.23 bits per heavy atom. The van der Waals surface area contributed by atoms with Gasteiger partial charge in [-0.25, -0.2) is 0 Å². The van der Waals surface area contributed by atoms with Crippen LogP contribution >= 0.6 is 15.9 Å². The normalized spacial score (nSPS) is 12.9. The molecule has 0 bridgehead atoms. The van der Waals surface area contributed by atoms with E-state index in [9.17, 15) is 9.59 Å². The number of amides is 2. The van der Waals surface area contributed by atoms with E-state index in [1.807, 2.05) is 32.2 Å². The topological polar surface area (TPSA) is 85.9 Å². The maximum absolute atomic E-state index is 12.5. The lowest BCUT2D eigenvalue weighted by molar-refractivity contribution is -0.907. The van der Waals surface area contributed by atoms with E-state index in [1.165, 1.54) is 0 Å². The van der Waals surface area contributed by atoms with E-state index in [1.54, 1.807) is 31.4 Å². The number of methoxy groups -OCH3 is 1. The second-order valence-corrected chi connectivity index (χ2v) is 7.05. The number of hydrogen-bond donors (Lipinski definition) is 3. The van der Waals surface area contributed by atoms with Gasteiger partial charge in [-0.1, -0.05) is 15.9 Å². The number of anilines is 1. The minimum atomic E-state index is -0.497. The van der Waals surface area contributed by atoms with Gasteiger partial charge in [-0.05, 0) is 49.4 Å². The lowest BCUT2D eigenvalue weighted by Gasteiger charge is -2.22. The molecule has 6 nitrogen and oxygen atoms in total. The van der Waals surface area contributed by atoms with Gasteiger partial charge >= 0.3 is 0 Å². The minimum absolute atomic E-state index is 0.108. The molecule has 0 aromatic heterocycles. The highest BCUT2D eigenvalue weighted by molar-refractivity contribution is 9.10. The Hall–Kier alpha value is -2.38. The lowest BCUT2D eigenvalue weighted by atomic mass is 10.1. The van der Waals surface area contributed by atoms with E-state index in [0.717, 1.165) is 20.7 Å². The second kappa shape index (κ2) is 8.82. The average Bonchev–Trinajstić information content (AvgIpc) is 2.61. The van der Waals surface area contributed by atoms with Crippen molar-refractivity contribution in [3.8, 4) is 5.75 Å². The predicted molar refractivity (Wildman–Crippen MR) is 104 cm³/mol. The van der Waals surface area contributed by atoms with Gasteiger partial charge in [-0.3, -0.25) is 9.59 Å². The molecule has 2 atom stereocenters. The Morgan fingerprint density at radius 3 is 2.46 bits per heavy atom. The van der Waals surface area contributed by atoms with Crippen LogP contribution < -0.4 is 20.7 Å². The SMILES string of the molecule is COc1ccc(Br)cc1C[NH+](C)[C@@H](C)C(=O)Nc1ccc(C(N)=O)cc1. The van der Waals surface area contributed by atoms with Gasteiger partial charge < -0.3 is 20.7 Å². The van der Waals surface area contributed by atoms with Crippen LogP contribution in [0.4, 0.5) is 5.69 Å². The monoisotopic (exact) mass is 420 g/mol. The van der Waals surface area contributed by atoms with Crippen molar-refractivity contribution in [2.45, 2.75) is 19.5 Å². The second-order valence-electron chi connectivity index (χ2n) is 6.13. The van der Waals surface area contributed by atoms with Gasteiger partial charge in [0.05, 0.1) is 14.2 Å². The van der Waals surface area contributed by atoms with Crippen molar-refractivity contribution in [2.75, 3.05) is 19.5 Å². The van der Waals surface area contributed by atoms with Crippen molar-refractivity contribution in [3.05, 3.63) is 58.1 Å². The number of carbonyl (C=O) groups excluding carboxylic acids is 2. The number of rotatable bonds is 7. The van der Waals surface area contributed by atoms with Crippen LogP contribution in [-0.4, -0.2) is 32.0 Å². The molecule has 0 radical (unpaired) electrons.